The van der Waals surface area contributed by atoms with Crippen molar-refractivity contribution in [3.63, 3.8) is 0 Å². The summed E-state index contributed by atoms with van der Waals surface area (Å²) >= 11 is 0. The summed E-state index contributed by atoms with van der Waals surface area (Å²) in [5, 5.41) is 3.11. The molecule has 0 radical (unpaired) electrons. The molecule has 1 N–H and O–H groups in total. The normalized spacial score (nSPS) is 11.9. The van der Waals surface area contributed by atoms with Gasteiger partial charge in [-0.05, 0) is 12.3 Å². The van der Waals surface area contributed by atoms with Crippen molar-refractivity contribution in [2.24, 2.45) is 0 Å². The van der Waals surface area contributed by atoms with E-state index in [2.05, 4.69) is 20.0 Å². The Morgan fingerprint density at radius 2 is 2.00 bits per heavy atom. The second-order valence-corrected chi connectivity index (χ2v) is 4.78. The van der Waals surface area contributed by atoms with Crippen LogP contribution in [0.5, 0.6) is 0 Å². The topological polar surface area (TPSA) is 47.0 Å². The van der Waals surface area contributed by atoms with E-state index >= 15 is 0 Å². The lowest BCUT2D eigenvalue weighted by Gasteiger charge is -2.12. The van der Waals surface area contributed by atoms with Crippen LogP contribution in [0.2, 0.25) is 0 Å². The number of anilines is 1. The highest BCUT2D eigenvalue weighted by atomic mass is 19.4. The Kier molecular flexibility index (Phi) is 6.19. The lowest BCUT2D eigenvalue weighted by atomic mass is 10.1. The molecular formula is C13H20F3N3O. The number of alkyl halides is 3. The Balaban J connectivity index is 2.75. The van der Waals surface area contributed by atoms with E-state index < -0.39 is 12.8 Å². The third-order valence-electron chi connectivity index (χ3n) is 2.44. The molecule has 1 heterocycles. The van der Waals surface area contributed by atoms with Gasteiger partial charge in [0.1, 0.15) is 19.0 Å². The number of ether oxygens (including phenoxy) is 1. The van der Waals surface area contributed by atoms with Crippen molar-refractivity contribution in [3.05, 3.63) is 17.6 Å². The van der Waals surface area contributed by atoms with Gasteiger partial charge in [-0.2, -0.15) is 13.2 Å². The molecule has 0 aliphatic rings. The van der Waals surface area contributed by atoms with Crippen molar-refractivity contribution in [1.29, 1.82) is 0 Å². The third-order valence-corrected chi connectivity index (χ3v) is 2.44. The van der Waals surface area contributed by atoms with E-state index in [9.17, 15) is 13.2 Å². The van der Waals surface area contributed by atoms with Crippen LogP contribution >= 0.6 is 0 Å². The molecule has 1 aromatic rings. The zero-order valence-corrected chi connectivity index (χ0v) is 11.9. The highest BCUT2D eigenvalue weighted by molar-refractivity contribution is 5.36. The molecule has 0 atom stereocenters. The number of halogens is 3. The first-order chi connectivity index (χ1) is 9.31. The molecule has 0 fully saturated rings. The van der Waals surface area contributed by atoms with E-state index in [1.54, 1.807) is 0 Å². The minimum atomic E-state index is -4.33. The largest absolute Gasteiger partial charge is 0.411 e. The number of aromatic nitrogens is 2. The average molecular weight is 291 g/mol. The first kappa shape index (κ1) is 16.7. The maximum absolute atomic E-state index is 12.0. The van der Waals surface area contributed by atoms with Gasteiger partial charge in [-0.25, -0.2) is 9.97 Å². The molecule has 0 saturated carbocycles. The van der Waals surface area contributed by atoms with Gasteiger partial charge < -0.3 is 10.1 Å². The van der Waals surface area contributed by atoms with E-state index in [4.69, 9.17) is 0 Å². The summed E-state index contributed by atoms with van der Waals surface area (Å²) in [6.45, 7) is 5.15. The molecule has 4 nitrogen and oxygen atoms in total. The first-order valence-corrected chi connectivity index (χ1v) is 6.58. The molecule has 0 aromatic carbocycles. The summed E-state index contributed by atoms with van der Waals surface area (Å²) in [6.07, 6.45) is -3.40. The molecule has 1 aromatic heterocycles. The van der Waals surface area contributed by atoms with Crippen LogP contribution in [-0.4, -0.2) is 29.3 Å². The summed E-state index contributed by atoms with van der Waals surface area (Å²) in [4.78, 5) is 8.38. The average Bonchev–Trinajstić information content (AvgIpc) is 2.34. The Morgan fingerprint density at radius 3 is 2.55 bits per heavy atom. The lowest BCUT2D eigenvalue weighted by Crippen LogP contribution is -2.18. The van der Waals surface area contributed by atoms with Gasteiger partial charge in [-0.1, -0.05) is 20.8 Å². The molecule has 0 saturated heterocycles. The highest BCUT2D eigenvalue weighted by Gasteiger charge is 2.27. The monoisotopic (exact) mass is 291 g/mol. The molecule has 0 aliphatic heterocycles. The van der Waals surface area contributed by atoms with Gasteiger partial charge in [0, 0.05) is 18.3 Å². The van der Waals surface area contributed by atoms with Gasteiger partial charge in [0.05, 0.1) is 0 Å². The number of hydrogen-bond acceptors (Lipinski definition) is 4. The number of rotatable bonds is 7. The molecule has 0 aliphatic carbocycles. The van der Waals surface area contributed by atoms with E-state index in [-0.39, 0.29) is 18.3 Å². The fourth-order valence-electron chi connectivity index (χ4n) is 1.48. The first-order valence-electron chi connectivity index (χ1n) is 6.58. The molecule has 7 heteroatoms. The fraction of sp³-hybridized carbons (Fsp3) is 0.692. The Bertz CT molecular complexity index is 422. The minimum Gasteiger partial charge on any atom is -0.370 e. The van der Waals surface area contributed by atoms with Crippen LogP contribution < -0.4 is 5.32 Å². The molecule has 0 amide bonds. The van der Waals surface area contributed by atoms with Gasteiger partial charge in [-0.15, -0.1) is 0 Å². The van der Waals surface area contributed by atoms with Crippen LogP contribution in [0.3, 0.4) is 0 Å². The summed E-state index contributed by atoms with van der Waals surface area (Å²) in [5.41, 5.74) is 0.782. The fourth-order valence-corrected chi connectivity index (χ4v) is 1.48. The van der Waals surface area contributed by atoms with E-state index in [1.807, 2.05) is 26.8 Å². The second kappa shape index (κ2) is 7.42. The molecule has 0 spiro atoms. The molecule has 0 bridgehead atoms. The van der Waals surface area contributed by atoms with Gasteiger partial charge in [-0.3, -0.25) is 0 Å². The van der Waals surface area contributed by atoms with Crippen LogP contribution in [0.15, 0.2) is 6.07 Å². The van der Waals surface area contributed by atoms with Crippen molar-refractivity contribution in [2.45, 2.75) is 45.9 Å². The van der Waals surface area contributed by atoms with Crippen LogP contribution in [-0.2, 0) is 11.3 Å². The van der Waals surface area contributed by atoms with E-state index in [0.29, 0.717) is 5.82 Å². The zero-order valence-electron chi connectivity index (χ0n) is 11.9. The quantitative estimate of drug-likeness (QED) is 0.835. The maximum atomic E-state index is 12.0. The summed E-state index contributed by atoms with van der Waals surface area (Å²) in [6, 6.07) is 1.81. The third kappa shape index (κ3) is 6.18. The zero-order chi connectivity index (χ0) is 15.2. The SMILES string of the molecule is CCCNc1cc(C(C)C)nc(COCC(F)(F)F)n1. The van der Waals surface area contributed by atoms with Gasteiger partial charge >= 0.3 is 6.18 Å². The maximum Gasteiger partial charge on any atom is 0.411 e. The predicted molar refractivity (Wildman–Crippen MR) is 70.6 cm³/mol. The Labute approximate surface area is 116 Å². The summed E-state index contributed by atoms with van der Waals surface area (Å²) in [5.74, 6) is 1.05. The summed E-state index contributed by atoms with van der Waals surface area (Å²) < 4.78 is 40.7. The standard InChI is InChI=1S/C13H20F3N3O/c1-4-5-17-11-6-10(9(2)3)18-12(19-11)7-20-8-13(14,15)16/h6,9H,4-5,7-8H2,1-3H3,(H,17,18,19). The van der Waals surface area contributed by atoms with Crippen LogP contribution in [0, 0.1) is 0 Å². The molecule has 1 rings (SSSR count). The molecule has 20 heavy (non-hydrogen) atoms. The number of nitrogens with one attached hydrogen (secondary N) is 1. The highest BCUT2D eigenvalue weighted by Crippen LogP contribution is 2.18. The Morgan fingerprint density at radius 1 is 1.30 bits per heavy atom. The summed E-state index contributed by atoms with van der Waals surface area (Å²) in [7, 11) is 0. The van der Waals surface area contributed by atoms with Gasteiger partial charge in [0.15, 0.2) is 5.82 Å². The van der Waals surface area contributed by atoms with Crippen molar-refractivity contribution in [2.75, 3.05) is 18.5 Å². The molecule has 0 unspecified atom stereocenters. The van der Waals surface area contributed by atoms with E-state index in [0.717, 1.165) is 18.7 Å². The van der Waals surface area contributed by atoms with Crippen molar-refractivity contribution >= 4 is 5.82 Å². The van der Waals surface area contributed by atoms with Crippen molar-refractivity contribution < 1.29 is 17.9 Å². The predicted octanol–water partition coefficient (Wildman–Crippen LogP) is 3.50. The van der Waals surface area contributed by atoms with Crippen LogP contribution in [0.1, 0.15) is 44.6 Å². The van der Waals surface area contributed by atoms with Crippen LogP contribution in [0.4, 0.5) is 19.0 Å². The lowest BCUT2D eigenvalue weighted by molar-refractivity contribution is -0.177. The Hall–Kier alpha value is -1.37. The second-order valence-electron chi connectivity index (χ2n) is 4.78. The number of nitrogens with zero attached hydrogens (tertiary/aromatic N) is 2. The van der Waals surface area contributed by atoms with Gasteiger partial charge in [0.25, 0.3) is 0 Å². The minimum absolute atomic E-state index is 0.168. The van der Waals surface area contributed by atoms with Gasteiger partial charge in [0.2, 0.25) is 0 Å². The molecule has 114 valence electrons. The molecular weight excluding hydrogens is 271 g/mol. The van der Waals surface area contributed by atoms with Crippen molar-refractivity contribution in [3.8, 4) is 0 Å². The van der Waals surface area contributed by atoms with Crippen molar-refractivity contribution in [1.82, 2.24) is 9.97 Å². The van der Waals surface area contributed by atoms with Crippen LogP contribution in [0.25, 0.3) is 0 Å². The van der Waals surface area contributed by atoms with E-state index in [1.165, 1.54) is 0 Å². The number of hydrogen-bond donors (Lipinski definition) is 1. The smallest absolute Gasteiger partial charge is 0.370 e.